The molecule has 1 aliphatic carbocycles. The van der Waals surface area contributed by atoms with Crippen molar-refractivity contribution in [3.8, 4) is 0 Å². The first-order valence-corrected chi connectivity index (χ1v) is 7.17. The van der Waals surface area contributed by atoms with Gasteiger partial charge in [0.05, 0.1) is 11.7 Å². The van der Waals surface area contributed by atoms with Gasteiger partial charge in [0, 0.05) is 12.2 Å². The third-order valence-corrected chi connectivity index (χ3v) is 3.83. The van der Waals surface area contributed by atoms with Crippen molar-refractivity contribution >= 4 is 11.0 Å². The lowest BCUT2D eigenvalue weighted by molar-refractivity contribution is 0.263. The largest absolute Gasteiger partial charge is 0.388 e. The van der Waals surface area contributed by atoms with E-state index in [9.17, 15) is 5.11 Å². The van der Waals surface area contributed by atoms with E-state index < -0.39 is 0 Å². The Morgan fingerprint density at radius 2 is 2.11 bits per heavy atom. The highest BCUT2D eigenvalue weighted by Crippen LogP contribution is 2.28. The number of nitrogens with zero attached hydrogens (tertiary/aromatic N) is 3. The van der Waals surface area contributed by atoms with Gasteiger partial charge in [-0.3, -0.25) is 4.98 Å². The fourth-order valence-corrected chi connectivity index (χ4v) is 3.04. The van der Waals surface area contributed by atoms with Crippen molar-refractivity contribution in [2.45, 2.75) is 52.7 Å². The molecule has 102 valence electrons. The van der Waals surface area contributed by atoms with E-state index in [-0.39, 0.29) is 6.61 Å². The number of aromatic nitrogens is 3. The van der Waals surface area contributed by atoms with Crippen LogP contribution in [0.15, 0.2) is 6.20 Å². The minimum atomic E-state index is -0.00380. The SMILES string of the molecule is CC(C)Cn1c(CO)nc2cnc3c(c21)CCCC3. The Bertz CT molecular complexity index is 601. The van der Waals surface area contributed by atoms with Crippen LogP contribution >= 0.6 is 0 Å². The summed E-state index contributed by atoms with van der Waals surface area (Å²) < 4.78 is 2.20. The van der Waals surface area contributed by atoms with Gasteiger partial charge in [0.25, 0.3) is 0 Å². The number of aliphatic hydroxyl groups is 1. The normalized spacial score (nSPS) is 15.2. The maximum atomic E-state index is 9.53. The van der Waals surface area contributed by atoms with E-state index in [1.54, 1.807) is 0 Å². The molecule has 0 saturated carbocycles. The Kier molecular flexibility index (Phi) is 3.27. The van der Waals surface area contributed by atoms with E-state index in [0.717, 1.165) is 30.7 Å². The average molecular weight is 259 g/mol. The van der Waals surface area contributed by atoms with Crippen LogP contribution in [0.3, 0.4) is 0 Å². The van der Waals surface area contributed by atoms with Gasteiger partial charge in [-0.25, -0.2) is 4.98 Å². The Labute approximate surface area is 113 Å². The summed E-state index contributed by atoms with van der Waals surface area (Å²) in [5.41, 5.74) is 4.73. The van der Waals surface area contributed by atoms with Gasteiger partial charge in [0.1, 0.15) is 17.9 Å². The second-order valence-electron chi connectivity index (χ2n) is 5.81. The van der Waals surface area contributed by atoms with Crippen LogP contribution in [0.2, 0.25) is 0 Å². The van der Waals surface area contributed by atoms with Crippen LogP contribution in [-0.2, 0) is 26.0 Å². The van der Waals surface area contributed by atoms with Crippen molar-refractivity contribution in [2.24, 2.45) is 5.92 Å². The zero-order chi connectivity index (χ0) is 13.4. The van der Waals surface area contributed by atoms with Gasteiger partial charge in [0.2, 0.25) is 0 Å². The number of imidazole rings is 1. The van der Waals surface area contributed by atoms with Crippen molar-refractivity contribution in [1.82, 2.24) is 14.5 Å². The molecular formula is C15H21N3O. The van der Waals surface area contributed by atoms with Gasteiger partial charge in [-0.15, -0.1) is 0 Å². The fraction of sp³-hybridized carbons (Fsp3) is 0.600. The Morgan fingerprint density at radius 3 is 2.84 bits per heavy atom. The molecule has 2 aromatic heterocycles. The topological polar surface area (TPSA) is 50.9 Å². The zero-order valence-electron chi connectivity index (χ0n) is 11.7. The molecule has 2 aromatic rings. The minimum Gasteiger partial charge on any atom is -0.388 e. The van der Waals surface area contributed by atoms with Crippen LogP contribution in [0, 0.1) is 5.92 Å². The summed E-state index contributed by atoms with van der Waals surface area (Å²) in [4.78, 5) is 9.10. The molecule has 0 amide bonds. The van der Waals surface area contributed by atoms with Gasteiger partial charge in [-0.1, -0.05) is 13.8 Å². The summed E-state index contributed by atoms with van der Waals surface area (Å²) in [6.07, 6.45) is 6.50. The molecule has 1 aliphatic rings. The van der Waals surface area contributed by atoms with Gasteiger partial charge in [-0.2, -0.15) is 0 Å². The van der Waals surface area contributed by atoms with Crippen molar-refractivity contribution in [3.63, 3.8) is 0 Å². The number of rotatable bonds is 3. The Hall–Kier alpha value is -1.42. The minimum absolute atomic E-state index is 0.00380. The fourth-order valence-electron chi connectivity index (χ4n) is 3.04. The number of aryl methyl sites for hydroxylation is 2. The van der Waals surface area contributed by atoms with E-state index in [2.05, 4.69) is 28.4 Å². The summed E-state index contributed by atoms with van der Waals surface area (Å²) in [7, 11) is 0. The van der Waals surface area contributed by atoms with Gasteiger partial charge < -0.3 is 9.67 Å². The molecule has 3 rings (SSSR count). The van der Waals surface area contributed by atoms with Gasteiger partial charge in [-0.05, 0) is 37.2 Å². The molecule has 0 spiro atoms. The smallest absolute Gasteiger partial charge is 0.135 e. The molecular weight excluding hydrogens is 238 g/mol. The number of hydrogen-bond acceptors (Lipinski definition) is 3. The van der Waals surface area contributed by atoms with E-state index in [1.165, 1.54) is 29.6 Å². The standard InChI is InChI=1S/C15H21N3O/c1-10(2)8-18-14(9-19)17-13-7-16-12-6-4-3-5-11(12)15(13)18/h7,10,19H,3-6,8-9H2,1-2H3. The number of fused-ring (bicyclic) bond motifs is 3. The Morgan fingerprint density at radius 1 is 1.32 bits per heavy atom. The van der Waals surface area contributed by atoms with Crippen LogP contribution in [0.1, 0.15) is 43.8 Å². The van der Waals surface area contributed by atoms with Crippen LogP contribution in [-0.4, -0.2) is 19.6 Å². The molecule has 0 fully saturated rings. The van der Waals surface area contributed by atoms with E-state index in [4.69, 9.17) is 0 Å². The van der Waals surface area contributed by atoms with Crippen LogP contribution in [0.25, 0.3) is 11.0 Å². The molecule has 19 heavy (non-hydrogen) atoms. The Balaban J connectivity index is 2.24. The monoisotopic (exact) mass is 259 g/mol. The predicted molar refractivity (Wildman–Crippen MR) is 74.9 cm³/mol. The molecule has 0 radical (unpaired) electrons. The van der Waals surface area contributed by atoms with E-state index >= 15 is 0 Å². The second-order valence-corrected chi connectivity index (χ2v) is 5.81. The number of pyridine rings is 1. The van der Waals surface area contributed by atoms with E-state index in [1.807, 2.05) is 6.20 Å². The highest BCUT2D eigenvalue weighted by Gasteiger charge is 2.20. The molecule has 0 unspecified atom stereocenters. The van der Waals surface area contributed by atoms with E-state index in [0.29, 0.717) is 5.92 Å². The lowest BCUT2D eigenvalue weighted by atomic mass is 9.95. The molecule has 1 N–H and O–H groups in total. The highest BCUT2D eigenvalue weighted by atomic mass is 16.3. The molecule has 4 nitrogen and oxygen atoms in total. The number of hydrogen-bond donors (Lipinski definition) is 1. The molecule has 0 saturated heterocycles. The molecule has 0 aliphatic heterocycles. The van der Waals surface area contributed by atoms with Crippen LogP contribution < -0.4 is 0 Å². The highest BCUT2D eigenvalue weighted by molar-refractivity contribution is 5.80. The molecule has 0 aromatic carbocycles. The maximum absolute atomic E-state index is 9.53. The maximum Gasteiger partial charge on any atom is 0.135 e. The van der Waals surface area contributed by atoms with Crippen molar-refractivity contribution < 1.29 is 5.11 Å². The lowest BCUT2D eigenvalue weighted by Crippen LogP contribution is -2.12. The van der Waals surface area contributed by atoms with Gasteiger partial charge in [0.15, 0.2) is 0 Å². The zero-order valence-corrected chi connectivity index (χ0v) is 11.7. The number of aliphatic hydroxyl groups excluding tert-OH is 1. The summed E-state index contributed by atoms with van der Waals surface area (Å²) in [6.45, 7) is 5.29. The van der Waals surface area contributed by atoms with Gasteiger partial charge >= 0.3 is 0 Å². The van der Waals surface area contributed by atoms with Crippen molar-refractivity contribution in [1.29, 1.82) is 0 Å². The molecule has 4 heteroatoms. The first-order chi connectivity index (χ1) is 9.20. The summed E-state index contributed by atoms with van der Waals surface area (Å²) in [5.74, 6) is 1.31. The molecule has 2 heterocycles. The summed E-state index contributed by atoms with van der Waals surface area (Å²) in [5, 5.41) is 9.53. The quantitative estimate of drug-likeness (QED) is 0.921. The summed E-state index contributed by atoms with van der Waals surface area (Å²) >= 11 is 0. The first kappa shape index (κ1) is 12.6. The molecule has 0 atom stereocenters. The van der Waals surface area contributed by atoms with Crippen molar-refractivity contribution in [2.75, 3.05) is 0 Å². The second kappa shape index (κ2) is 4.93. The first-order valence-electron chi connectivity index (χ1n) is 7.17. The average Bonchev–Trinajstić information content (AvgIpc) is 2.76. The third kappa shape index (κ3) is 2.14. The summed E-state index contributed by atoms with van der Waals surface area (Å²) in [6, 6.07) is 0. The predicted octanol–water partition coefficient (Wildman–Crippen LogP) is 2.46. The van der Waals surface area contributed by atoms with Crippen LogP contribution in [0.4, 0.5) is 0 Å². The van der Waals surface area contributed by atoms with Crippen molar-refractivity contribution in [3.05, 3.63) is 23.3 Å². The van der Waals surface area contributed by atoms with Crippen LogP contribution in [0.5, 0.6) is 0 Å². The third-order valence-electron chi connectivity index (χ3n) is 3.83. The molecule has 0 bridgehead atoms. The lowest BCUT2D eigenvalue weighted by Gasteiger charge is -2.18.